The van der Waals surface area contributed by atoms with Crippen LogP contribution in [-0.4, -0.2) is 71.3 Å². The number of pyridine rings is 1. The van der Waals surface area contributed by atoms with Gasteiger partial charge in [-0.2, -0.15) is 4.98 Å². The molecule has 0 amide bonds. The molecular formula is C19H23ClFN7O2. The number of amidine groups is 1. The number of anilines is 1. The van der Waals surface area contributed by atoms with E-state index in [0.717, 1.165) is 13.1 Å². The summed E-state index contributed by atoms with van der Waals surface area (Å²) in [5.74, 6) is 0.143. The lowest BCUT2D eigenvalue weighted by molar-refractivity contribution is 0.163. The summed E-state index contributed by atoms with van der Waals surface area (Å²) in [6, 6.07) is 5.71. The molecule has 0 bridgehead atoms. The second-order valence-corrected chi connectivity index (χ2v) is 6.94. The number of halogens is 2. The molecule has 0 aliphatic carbocycles. The van der Waals surface area contributed by atoms with Crippen LogP contribution < -0.4 is 10.8 Å². The third-order valence-corrected chi connectivity index (χ3v) is 4.65. The second-order valence-electron chi connectivity index (χ2n) is 6.54. The molecular weight excluding hydrogens is 413 g/mol. The summed E-state index contributed by atoms with van der Waals surface area (Å²) in [5, 5.41) is 12.8. The Labute approximate surface area is 177 Å². The van der Waals surface area contributed by atoms with Gasteiger partial charge in [-0.3, -0.25) is 10.7 Å². The summed E-state index contributed by atoms with van der Waals surface area (Å²) in [7, 11) is 3.69. The Morgan fingerprint density at radius 1 is 1.37 bits per heavy atom. The number of hydrogen-bond acceptors (Lipinski definition) is 7. The summed E-state index contributed by atoms with van der Waals surface area (Å²) in [6.07, 6.45) is 1.56. The van der Waals surface area contributed by atoms with Gasteiger partial charge in [-0.25, -0.2) is 14.4 Å². The van der Waals surface area contributed by atoms with E-state index in [1.165, 1.54) is 18.2 Å². The van der Waals surface area contributed by atoms with Gasteiger partial charge in [0.25, 0.3) is 0 Å². The fourth-order valence-electron chi connectivity index (χ4n) is 2.75. The van der Waals surface area contributed by atoms with Crippen LogP contribution in [0.25, 0.3) is 11.2 Å². The molecule has 0 radical (unpaired) electrons. The fourth-order valence-corrected chi connectivity index (χ4v) is 2.92. The van der Waals surface area contributed by atoms with Gasteiger partial charge < -0.3 is 19.9 Å². The molecule has 30 heavy (non-hydrogen) atoms. The number of methoxy groups -OCH3 is 1. The van der Waals surface area contributed by atoms with Crippen LogP contribution in [0.3, 0.4) is 0 Å². The van der Waals surface area contributed by atoms with Gasteiger partial charge in [-0.1, -0.05) is 11.6 Å². The molecule has 160 valence electrons. The average molecular weight is 436 g/mol. The molecule has 0 atom stereocenters. The molecule has 0 aliphatic heterocycles. The number of hydroxylamine groups is 1. The van der Waals surface area contributed by atoms with Crippen molar-refractivity contribution in [2.45, 2.75) is 0 Å². The summed E-state index contributed by atoms with van der Waals surface area (Å²) in [6.45, 7) is 2.98. The number of ether oxygens (including phenoxy) is 1. The van der Waals surface area contributed by atoms with Gasteiger partial charge in [0, 0.05) is 38.5 Å². The number of H-pyrrole nitrogens is 1. The van der Waals surface area contributed by atoms with Crippen LogP contribution in [0.15, 0.2) is 35.5 Å². The molecule has 1 aromatic carbocycles. The largest absolute Gasteiger partial charge is 0.383 e. The molecule has 0 spiro atoms. The van der Waals surface area contributed by atoms with Crippen LogP contribution in [0.2, 0.25) is 5.02 Å². The number of rotatable bonds is 9. The number of likely N-dealkylation sites (N-methyl/N-ethyl adjacent to an activating group) is 1. The van der Waals surface area contributed by atoms with E-state index < -0.39 is 5.82 Å². The van der Waals surface area contributed by atoms with Crippen LogP contribution in [0.5, 0.6) is 0 Å². The normalized spacial score (nSPS) is 12.0. The smallest absolute Gasteiger partial charge is 0.202 e. The van der Waals surface area contributed by atoms with E-state index in [1.54, 1.807) is 19.4 Å². The van der Waals surface area contributed by atoms with Gasteiger partial charge in [0.2, 0.25) is 5.95 Å². The maximum absolute atomic E-state index is 13.4. The number of aromatic amines is 1. The van der Waals surface area contributed by atoms with E-state index in [0.29, 0.717) is 41.5 Å². The van der Waals surface area contributed by atoms with Crippen molar-refractivity contribution in [2.24, 2.45) is 4.99 Å². The Balaban J connectivity index is 1.80. The topological polar surface area (TPSA) is 111 Å². The number of aliphatic imine (C=N–C) groups is 1. The van der Waals surface area contributed by atoms with E-state index in [2.05, 4.69) is 35.6 Å². The van der Waals surface area contributed by atoms with Crippen molar-refractivity contribution in [1.82, 2.24) is 25.3 Å². The molecule has 0 unspecified atom stereocenters. The molecule has 4 N–H and O–H groups in total. The molecule has 0 fully saturated rings. The third kappa shape index (κ3) is 5.42. The number of hydrogen-bond donors (Lipinski definition) is 4. The number of aromatic nitrogens is 3. The standard InChI is InChI=1S/C19H23ClFN7O2/c1-28(9-10-30-2)8-7-23-19-25-16-13(5-6-22-18(16)26-19)17(27-29)24-12-3-4-15(21)14(20)11-12/h3-6,11,29H,7-10H2,1-2H3,(H,24,27)(H2,22,23,25,26). The minimum atomic E-state index is -0.544. The molecule has 2 heterocycles. The molecule has 3 aromatic rings. The molecule has 11 heteroatoms. The number of nitrogens with one attached hydrogen (secondary N) is 3. The van der Waals surface area contributed by atoms with Gasteiger partial charge >= 0.3 is 0 Å². The van der Waals surface area contributed by atoms with Crippen molar-refractivity contribution in [1.29, 1.82) is 0 Å². The van der Waals surface area contributed by atoms with Crippen molar-refractivity contribution in [3.8, 4) is 0 Å². The SMILES string of the molecule is COCCN(C)CCNc1nc2nccc(C(=Nc3ccc(F)c(Cl)c3)NO)c2[nH]1. The summed E-state index contributed by atoms with van der Waals surface area (Å²) in [5.41, 5.74) is 4.04. The maximum Gasteiger partial charge on any atom is 0.202 e. The van der Waals surface area contributed by atoms with E-state index in [-0.39, 0.29) is 10.9 Å². The highest BCUT2D eigenvalue weighted by atomic mass is 35.5. The van der Waals surface area contributed by atoms with Crippen LogP contribution in [0, 0.1) is 5.82 Å². The highest BCUT2D eigenvalue weighted by Crippen LogP contribution is 2.23. The Hall–Kier alpha value is -2.79. The molecule has 9 nitrogen and oxygen atoms in total. The third-order valence-electron chi connectivity index (χ3n) is 4.36. The van der Waals surface area contributed by atoms with Gasteiger partial charge in [0.15, 0.2) is 11.5 Å². The first-order valence-corrected chi connectivity index (χ1v) is 9.60. The van der Waals surface area contributed by atoms with Crippen LogP contribution >= 0.6 is 11.6 Å². The van der Waals surface area contributed by atoms with E-state index in [9.17, 15) is 9.60 Å². The molecule has 2 aromatic heterocycles. The predicted octanol–water partition coefficient (Wildman–Crippen LogP) is 2.80. The zero-order valence-electron chi connectivity index (χ0n) is 16.6. The molecule has 3 rings (SSSR count). The van der Waals surface area contributed by atoms with Gasteiger partial charge in [0.05, 0.1) is 22.8 Å². The minimum Gasteiger partial charge on any atom is -0.383 e. The number of benzene rings is 1. The zero-order valence-corrected chi connectivity index (χ0v) is 17.4. The second kappa shape index (κ2) is 10.3. The van der Waals surface area contributed by atoms with Gasteiger partial charge in [-0.15, -0.1) is 0 Å². The van der Waals surface area contributed by atoms with E-state index in [4.69, 9.17) is 16.3 Å². The summed E-state index contributed by atoms with van der Waals surface area (Å²) in [4.78, 5) is 18.3. The predicted molar refractivity (Wildman–Crippen MR) is 114 cm³/mol. The maximum atomic E-state index is 13.4. The molecule has 0 aliphatic rings. The monoisotopic (exact) mass is 435 g/mol. The lowest BCUT2D eigenvalue weighted by Crippen LogP contribution is -2.28. The van der Waals surface area contributed by atoms with Crippen molar-refractivity contribution in [3.63, 3.8) is 0 Å². The van der Waals surface area contributed by atoms with Crippen LogP contribution in [-0.2, 0) is 4.74 Å². The highest BCUT2D eigenvalue weighted by Gasteiger charge is 2.13. The van der Waals surface area contributed by atoms with Gasteiger partial charge in [0.1, 0.15) is 5.82 Å². The zero-order chi connectivity index (χ0) is 21.5. The number of fused-ring (bicyclic) bond motifs is 1. The summed E-state index contributed by atoms with van der Waals surface area (Å²) >= 11 is 5.81. The number of imidazole rings is 1. The van der Waals surface area contributed by atoms with Crippen LogP contribution in [0.4, 0.5) is 16.0 Å². The number of nitrogens with zero attached hydrogens (tertiary/aromatic N) is 4. The van der Waals surface area contributed by atoms with Crippen LogP contribution in [0.1, 0.15) is 5.56 Å². The Kier molecular flexibility index (Phi) is 7.52. The van der Waals surface area contributed by atoms with Crippen molar-refractivity contribution < 1.29 is 14.3 Å². The lowest BCUT2D eigenvalue weighted by atomic mass is 10.2. The Bertz CT molecular complexity index is 1030. The highest BCUT2D eigenvalue weighted by molar-refractivity contribution is 6.31. The Morgan fingerprint density at radius 3 is 2.93 bits per heavy atom. The average Bonchev–Trinajstić information content (AvgIpc) is 3.16. The lowest BCUT2D eigenvalue weighted by Gasteiger charge is -2.15. The fraction of sp³-hybridized carbons (Fsp3) is 0.316. The van der Waals surface area contributed by atoms with E-state index in [1.807, 2.05) is 7.05 Å². The van der Waals surface area contributed by atoms with Crippen molar-refractivity contribution >= 4 is 40.2 Å². The van der Waals surface area contributed by atoms with Crippen molar-refractivity contribution in [3.05, 3.63) is 46.9 Å². The Morgan fingerprint density at radius 2 is 2.20 bits per heavy atom. The molecule has 0 saturated carbocycles. The minimum absolute atomic E-state index is 0.0584. The van der Waals surface area contributed by atoms with Crippen molar-refractivity contribution in [2.75, 3.05) is 45.7 Å². The quantitative estimate of drug-likeness (QED) is 0.232. The first-order valence-electron chi connectivity index (χ1n) is 9.22. The first-order chi connectivity index (χ1) is 14.5. The first kappa shape index (κ1) is 21.9. The van der Waals surface area contributed by atoms with Gasteiger partial charge in [-0.05, 0) is 31.3 Å². The molecule has 0 saturated heterocycles. The summed E-state index contributed by atoms with van der Waals surface area (Å²) < 4.78 is 18.4. The van der Waals surface area contributed by atoms with E-state index >= 15 is 0 Å².